The first-order chi connectivity index (χ1) is 9.79. The second-order valence-electron chi connectivity index (χ2n) is 5.31. The van der Waals surface area contributed by atoms with E-state index in [2.05, 4.69) is 5.32 Å². The number of sulfonamides is 1. The van der Waals surface area contributed by atoms with Gasteiger partial charge in [0.05, 0.1) is 5.75 Å². The van der Waals surface area contributed by atoms with Crippen molar-refractivity contribution in [2.45, 2.75) is 19.4 Å². The van der Waals surface area contributed by atoms with Crippen LogP contribution in [0.1, 0.15) is 22.8 Å². The van der Waals surface area contributed by atoms with E-state index < -0.39 is 10.0 Å². The highest BCUT2D eigenvalue weighted by atomic mass is 32.2. The second kappa shape index (κ2) is 6.03. The van der Waals surface area contributed by atoms with E-state index in [4.69, 9.17) is 4.74 Å². The van der Waals surface area contributed by atoms with Gasteiger partial charge in [-0.05, 0) is 30.7 Å². The summed E-state index contributed by atoms with van der Waals surface area (Å²) in [5.74, 6) is 0.428. The molecular formula is C14H20N2O4S. The van der Waals surface area contributed by atoms with Crippen LogP contribution in [0.2, 0.25) is 0 Å². The van der Waals surface area contributed by atoms with E-state index in [-0.39, 0.29) is 24.3 Å². The maximum Gasteiger partial charge on any atom is 0.251 e. The molecule has 0 aliphatic carbocycles. The molecule has 0 spiro atoms. The van der Waals surface area contributed by atoms with Gasteiger partial charge in [-0.3, -0.25) is 4.79 Å². The fourth-order valence-corrected chi connectivity index (χ4v) is 2.87. The van der Waals surface area contributed by atoms with Crippen LogP contribution in [-0.4, -0.2) is 51.1 Å². The molecule has 1 amide bonds. The molecule has 21 heavy (non-hydrogen) atoms. The van der Waals surface area contributed by atoms with Crippen LogP contribution in [0.4, 0.5) is 0 Å². The van der Waals surface area contributed by atoms with Gasteiger partial charge >= 0.3 is 0 Å². The molecule has 0 aromatic heterocycles. The first-order valence-corrected chi connectivity index (χ1v) is 8.38. The van der Waals surface area contributed by atoms with Crippen LogP contribution in [0.3, 0.4) is 0 Å². The number of hydrogen-bond donors (Lipinski definition) is 1. The van der Waals surface area contributed by atoms with E-state index in [9.17, 15) is 13.2 Å². The van der Waals surface area contributed by atoms with E-state index in [0.29, 0.717) is 5.56 Å². The minimum Gasteiger partial charge on any atom is -0.490 e. The molecule has 0 fully saturated rings. The summed E-state index contributed by atoms with van der Waals surface area (Å²) in [5.41, 5.74) is 1.53. The second-order valence-corrected chi connectivity index (χ2v) is 7.61. The Balaban J connectivity index is 1.95. The van der Waals surface area contributed by atoms with Crippen molar-refractivity contribution < 1.29 is 17.9 Å². The Hall–Kier alpha value is -1.60. The van der Waals surface area contributed by atoms with Crippen LogP contribution >= 0.6 is 0 Å². The molecule has 0 saturated carbocycles. The summed E-state index contributed by atoms with van der Waals surface area (Å²) in [6.45, 7) is 2.06. The topological polar surface area (TPSA) is 75.7 Å². The third kappa shape index (κ3) is 3.74. The highest BCUT2D eigenvalue weighted by Gasteiger charge is 2.20. The van der Waals surface area contributed by atoms with E-state index in [1.807, 2.05) is 6.92 Å². The molecule has 1 aliphatic rings. The van der Waals surface area contributed by atoms with E-state index in [1.165, 1.54) is 14.1 Å². The monoisotopic (exact) mass is 312 g/mol. The largest absolute Gasteiger partial charge is 0.490 e. The van der Waals surface area contributed by atoms with E-state index >= 15 is 0 Å². The fraction of sp³-hybridized carbons (Fsp3) is 0.500. The first-order valence-electron chi connectivity index (χ1n) is 6.77. The Kier molecular flexibility index (Phi) is 4.53. The summed E-state index contributed by atoms with van der Waals surface area (Å²) in [7, 11) is -0.352. The van der Waals surface area contributed by atoms with Gasteiger partial charge in [0.25, 0.3) is 5.91 Å². The Labute approximate surface area is 125 Å². The molecule has 1 atom stereocenters. The molecule has 1 aliphatic heterocycles. The van der Waals surface area contributed by atoms with Crippen molar-refractivity contribution >= 4 is 15.9 Å². The average Bonchev–Trinajstić information content (AvgIpc) is 2.77. The molecule has 0 saturated heterocycles. The number of fused-ring (bicyclic) bond motifs is 1. The minimum absolute atomic E-state index is 0.0866. The normalized spacial score (nSPS) is 17.4. The third-order valence-corrected chi connectivity index (χ3v) is 5.19. The zero-order valence-corrected chi connectivity index (χ0v) is 13.2. The van der Waals surface area contributed by atoms with Crippen LogP contribution in [0.15, 0.2) is 18.2 Å². The van der Waals surface area contributed by atoms with Gasteiger partial charge in [0.2, 0.25) is 10.0 Å². The molecule has 6 nitrogen and oxygen atoms in total. The van der Waals surface area contributed by atoms with E-state index in [0.717, 1.165) is 22.0 Å². The Morgan fingerprint density at radius 1 is 1.43 bits per heavy atom. The number of benzene rings is 1. The van der Waals surface area contributed by atoms with Gasteiger partial charge in [0.1, 0.15) is 11.9 Å². The van der Waals surface area contributed by atoms with Gasteiger partial charge in [0.15, 0.2) is 0 Å². The van der Waals surface area contributed by atoms with E-state index in [1.54, 1.807) is 18.2 Å². The summed E-state index contributed by atoms with van der Waals surface area (Å²) in [4.78, 5) is 12.0. The van der Waals surface area contributed by atoms with Crippen molar-refractivity contribution in [3.05, 3.63) is 29.3 Å². The maximum absolute atomic E-state index is 12.0. The lowest BCUT2D eigenvalue weighted by Gasteiger charge is -2.11. The lowest BCUT2D eigenvalue weighted by atomic mass is 10.1. The number of ether oxygens (including phenoxy) is 1. The zero-order valence-electron chi connectivity index (χ0n) is 12.4. The number of nitrogens with zero attached hydrogens (tertiary/aromatic N) is 1. The molecule has 1 heterocycles. The lowest BCUT2D eigenvalue weighted by Crippen LogP contribution is -2.33. The Bertz CT molecular complexity index is 640. The molecule has 0 radical (unpaired) electrons. The fourth-order valence-electron chi connectivity index (χ4n) is 2.14. The molecule has 116 valence electrons. The summed E-state index contributed by atoms with van der Waals surface area (Å²) in [6, 6.07) is 5.27. The van der Waals surface area contributed by atoms with Gasteiger partial charge in [0, 0.05) is 32.6 Å². The molecule has 0 unspecified atom stereocenters. The number of nitrogens with one attached hydrogen (secondary N) is 1. The number of carbonyl (C=O) groups excluding carboxylic acids is 1. The SMILES string of the molecule is C[C@@H]1Cc2cc(C(=O)NCCS(=O)(=O)N(C)C)ccc2O1. The Morgan fingerprint density at radius 2 is 2.14 bits per heavy atom. The maximum atomic E-state index is 12.0. The van der Waals surface area contributed by atoms with Crippen molar-refractivity contribution in [2.75, 3.05) is 26.4 Å². The number of rotatable bonds is 5. The van der Waals surface area contributed by atoms with Gasteiger partial charge in [-0.25, -0.2) is 12.7 Å². The molecular weight excluding hydrogens is 292 g/mol. The molecule has 1 aromatic carbocycles. The van der Waals surface area contributed by atoms with Crippen LogP contribution in [-0.2, 0) is 16.4 Å². The predicted octanol–water partition coefficient (Wildman–Crippen LogP) is 0.631. The van der Waals surface area contributed by atoms with Gasteiger partial charge < -0.3 is 10.1 Å². The quantitative estimate of drug-likeness (QED) is 0.865. The van der Waals surface area contributed by atoms with Crippen LogP contribution in [0.5, 0.6) is 5.75 Å². The zero-order chi connectivity index (χ0) is 15.6. The van der Waals surface area contributed by atoms with Crippen molar-refractivity contribution in [1.29, 1.82) is 0 Å². The van der Waals surface area contributed by atoms with Gasteiger partial charge in [-0.2, -0.15) is 0 Å². The molecule has 1 N–H and O–H groups in total. The minimum atomic E-state index is -3.29. The molecule has 1 aromatic rings. The average molecular weight is 312 g/mol. The molecule has 0 bridgehead atoms. The van der Waals surface area contributed by atoms with Gasteiger partial charge in [-0.1, -0.05) is 0 Å². The van der Waals surface area contributed by atoms with Crippen LogP contribution in [0, 0.1) is 0 Å². The summed E-state index contributed by atoms with van der Waals surface area (Å²) >= 11 is 0. The van der Waals surface area contributed by atoms with Crippen molar-refractivity contribution in [3.63, 3.8) is 0 Å². The third-order valence-electron chi connectivity index (χ3n) is 3.36. The summed E-state index contributed by atoms with van der Waals surface area (Å²) in [6.07, 6.45) is 0.911. The summed E-state index contributed by atoms with van der Waals surface area (Å²) in [5, 5.41) is 2.63. The van der Waals surface area contributed by atoms with Crippen molar-refractivity contribution in [1.82, 2.24) is 9.62 Å². The molecule has 2 rings (SSSR count). The first kappa shape index (κ1) is 15.8. The van der Waals surface area contributed by atoms with Gasteiger partial charge in [-0.15, -0.1) is 0 Å². The Morgan fingerprint density at radius 3 is 2.81 bits per heavy atom. The number of hydrogen-bond acceptors (Lipinski definition) is 4. The van der Waals surface area contributed by atoms with Crippen molar-refractivity contribution in [2.24, 2.45) is 0 Å². The highest BCUT2D eigenvalue weighted by Crippen LogP contribution is 2.29. The standard InChI is InChI=1S/C14H20N2O4S/c1-10-8-12-9-11(4-5-13(12)20-10)14(17)15-6-7-21(18,19)16(2)3/h4-5,9-10H,6-8H2,1-3H3,(H,15,17)/t10-/m1/s1. The predicted molar refractivity (Wildman–Crippen MR) is 80.0 cm³/mol. The molecule has 7 heteroatoms. The smallest absolute Gasteiger partial charge is 0.251 e. The number of amides is 1. The van der Waals surface area contributed by atoms with Crippen molar-refractivity contribution in [3.8, 4) is 5.75 Å². The van der Waals surface area contributed by atoms with Crippen LogP contribution in [0.25, 0.3) is 0 Å². The lowest BCUT2D eigenvalue weighted by molar-refractivity contribution is 0.0956. The van der Waals surface area contributed by atoms with Crippen LogP contribution < -0.4 is 10.1 Å². The number of carbonyl (C=O) groups is 1. The highest BCUT2D eigenvalue weighted by molar-refractivity contribution is 7.89. The summed E-state index contributed by atoms with van der Waals surface area (Å²) < 4.78 is 29.9.